The van der Waals surface area contributed by atoms with E-state index in [0.717, 1.165) is 22.8 Å². The monoisotopic (exact) mass is 383 g/mol. The fraction of sp³-hybridized carbons (Fsp3) is 0.100. The Hall–Kier alpha value is -2.56. The van der Waals surface area contributed by atoms with E-state index in [2.05, 4.69) is 33.9 Å². The van der Waals surface area contributed by atoms with Crippen molar-refractivity contribution in [2.75, 3.05) is 5.32 Å². The molecule has 26 heavy (non-hydrogen) atoms. The molecular formula is C20H15Cl2N3O. The summed E-state index contributed by atoms with van der Waals surface area (Å²) in [6.07, 6.45) is 0. The minimum absolute atomic E-state index is 0.0821. The van der Waals surface area contributed by atoms with Crippen LogP contribution in [0, 0.1) is 0 Å². The second kappa shape index (κ2) is 6.63. The zero-order valence-electron chi connectivity index (χ0n) is 14.0. The molecule has 0 bridgehead atoms. The lowest BCUT2D eigenvalue weighted by Crippen LogP contribution is -2.13. The summed E-state index contributed by atoms with van der Waals surface area (Å²) in [6.45, 7) is 3.00. The van der Waals surface area contributed by atoms with Crippen molar-refractivity contribution in [3.8, 4) is 0 Å². The fourth-order valence-electron chi connectivity index (χ4n) is 3.25. The third-order valence-corrected chi connectivity index (χ3v) is 4.90. The Balaban J connectivity index is 1.76. The van der Waals surface area contributed by atoms with E-state index in [-0.39, 0.29) is 21.8 Å². The second-order valence-electron chi connectivity index (χ2n) is 5.92. The van der Waals surface area contributed by atoms with Crippen LogP contribution in [-0.4, -0.2) is 15.5 Å². The van der Waals surface area contributed by atoms with Crippen LogP contribution in [0.15, 0.2) is 54.6 Å². The first kappa shape index (κ1) is 16.9. The molecule has 1 N–H and O–H groups in total. The lowest BCUT2D eigenvalue weighted by Gasteiger charge is -2.08. The number of nitrogens with one attached hydrogen (secondary N) is 1. The first-order chi connectivity index (χ1) is 12.6. The van der Waals surface area contributed by atoms with Crippen molar-refractivity contribution in [2.24, 2.45) is 0 Å². The zero-order valence-corrected chi connectivity index (χ0v) is 15.5. The number of benzene rings is 2. The molecule has 2 aromatic heterocycles. The molecule has 4 rings (SSSR count). The molecule has 0 unspecified atom stereocenters. The molecule has 0 saturated carbocycles. The number of aromatic nitrogens is 2. The van der Waals surface area contributed by atoms with Gasteiger partial charge >= 0.3 is 0 Å². The third kappa shape index (κ3) is 2.81. The Bertz CT molecular complexity index is 1150. The highest BCUT2D eigenvalue weighted by Crippen LogP contribution is 2.31. The van der Waals surface area contributed by atoms with Gasteiger partial charge in [0.05, 0.1) is 5.56 Å². The van der Waals surface area contributed by atoms with E-state index in [0.29, 0.717) is 5.69 Å². The first-order valence-electron chi connectivity index (χ1n) is 8.23. The van der Waals surface area contributed by atoms with Crippen molar-refractivity contribution in [3.05, 3.63) is 70.5 Å². The molecule has 4 nitrogen and oxygen atoms in total. The lowest BCUT2D eigenvalue weighted by molar-refractivity contribution is 0.102. The SMILES string of the molecule is CCn1c2ccccc2c2cc(NC(=O)c3ccc(Cl)nc3Cl)ccc21. The highest BCUT2D eigenvalue weighted by molar-refractivity contribution is 6.35. The largest absolute Gasteiger partial charge is 0.341 e. The number of carbonyl (C=O) groups is 1. The molecule has 0 fully saturated rings. The smallest absolute Gasteiger partial charge is 0.258 e. The van der Waals surface area contributed by atoms with Crippen molar-refractivity contribution < 1.29 is 4.79 Å². The van der Waals surface area contributed by atoms with Crippen LogP contribution < -0.4 is 5.32 Å². The van der Waals surface area contributed by atoms with Gasteiger partial charge in [0.25, 0.3) is 5.91 Å². The number of amides is 1. The normalized spacial score (nSPS) is 11.2. The van der Waals surface area contributed by atoms with E-state index < -0.39 is 0 Å². The number of rotatable bonds is 3. The van der Waals surface area contributed by atoms with Gasteiger partial charge in [0.2, 0.25) is 0 Å². The van der Waals surface area contributed by atoms with Gasteiger partial charge in [-0.15, -0.1) is 0 Å². The van der Waals surface area contributed by atoms with Crippen molar-refractivity contribution in [2.45, 2.75) is 13.5 Å². The van der Waals surface area contributed by atoms with Crippen molar-refractivity contribution >= 4 is 56.6 Å². The molecule has 0 atom stereocenters. The van der Waals surface area contributed by atoms with E-state index >= 15 is 0 Å². The number of carbonyl (C=O) groups excluding carboxylic acids is 1. The molecule has 0 radical (unpaired) electrons. The van der Waals surface area contributed by atoms with E-state index in [9.17, 15) is 4.79 Å². The van der Waals surface area contributed by atoms with E-state index in [1.165, 1.54) is 5.52 Å². The summed E-state index contributed by atoms with van der Waals surface area (Å²) in [5.74, 6) is -0.322. The minimum Gasteiger partial charge on any atom is -0.341 e. The molecule has 4 aromatic rings. The summed E-state index contributed by atoms with van der Waals surface area (Å²) in [5, 5.41) is 5.48. The number of fused-ring (bicyclic) bond motifs is 3. The molecule has 2 aromatic carbocycles. The van der Waals surface area contributed by atoms with Crippen LogP contribution in [0.2, 0.25) is 10.3 Å². The number of aryl methyl sites for hydroxylation is 1. The van der Waals surface area contributed by atoms with Crippen LogP contribution in [-0.2, 0) is 6.54 Å². The first-order valence-corrected chi connectivity index (χ1v) is 8.98. The Labute approximate surface area is 160 Å². The van der Waals surface area contributed by atoms with Gasteiger partial charge in [0, 0.05) is 34.0 Å². The summed E-state index contributed by atoms with van der Waals surface area (Å²) < 4.78 is 2.26. The maximum absolute atomic E-state index is 12.5. The average molecular weight is 384 g/mol. The standard InChI is InChI=1S/C20H15Cl2N3O/c1-2-25-16-6-4-3-5-13(16)15-11-12(7-9-17(15)25)23-20(26)14-8-10-18(21)24-19(14)22/h3-11H,2H2,1H3,(H,23,26). The Morgan fingerprint density at radius 1 is 1.04 bits per heavy atom. The quantitative estimate of drug-likeness (QED) is 0.456. The molecule has 0 aliphatic rings. The average Bonchev–Trinajstić information content (AvgIpc) is 2.94. The molecule has 1 amide bonds. The molecule has 0 aliphatic heterocycles. The summed E-state index contributed by atoms with van der Waals surface area (Å²) >= 11 is 11.8. The predicted molar refractivity (Wildman–Crippen MR) is 107 cm³/mol. The number of hydrogen-bond donors (Lipinski definition) is 1. The molecule has 0 spiro atoms. The third-order valence-electron chi connectivity index (χ3n) is 4.41. The number of halogens is 2. The summed E-state index contributed by atoms with van der Waals surface area (Å²) in [6, 6.07) is 17.3. The topological polar surface area (TPSA) is 46.9 Å². The Morgan fingerprint density at radius 3 is 2.58 bits per heavy atom. The number of nitrogens with zero attached hydrogens (tertiary/aromatic N) is 2. The highest BCUT2D eigenvalue weighted by Gasteiger charge is 2.14. The van der Waals surface area contributed by atoms with Crippen LogP contribution in [0.1, 0.15) is 17.3 Å². The van der Waals surface area contributed by atoms with Crippen LogP contribution in [0.5, 0.6) is 0 Å². The molecule has 0 aliphatic carbocycles. The maximum Gasteiger partial charge on any atom is 0.258 e. The van der Waals surface area contributed by atoms with E-state index in [1.807, 2.05) is 30.3 Å². The zero-order chi connectivity index (χ0) is 18.3. The molecular weight excluding hydrogens is 369 g/mol. The van der Waals surface area contributed by atoms with Crippen molar-refractivity contribution in [1.82, 2.24) is 9.55 Å². The van der Waals surface area contributed by atoms with Gasteiger partial charge in [-0.2, -0.15) is 0 Å². The van der Waals surface area contributed by atoms with Gasteiger partial charge in [-0.05, 0) is 43.3 Å². The number of hydrogen-bond acceptors (Lipinski definition) is 2. The van der Waals surface area contributed by atoms with Crippen molar-refractivity contribution in [3.63, 3.8) is 0 Å². The summed E-state index contributed by atoms with van der Waals surface area (Å²) in [5.41, 5.74) is 3.30. The van der Waals surface area contributed by atoms with Crippen LogP contribution in [0.25, 0.3) is 21.8 Å². The summed E-state index contributed by atoms with van der Waals surface area (Å²) in [4.78, 5) is 16.4. The number of pyridine rings is 1. The van der Waals surface area contributed by atoms with E-state index in [1.54, 1.807) is 12.1 Å². The molecule has 2 heterocycles. The van der Waals surface area contributed by atoms with Gasteiger partial charge in [-0.1, -0.05) is 41.4 Å². The number of anilines is 1. The van der Waals surface area contributed by atoms with Crippen LogP contribution in [0.4, 0.5) is 5.69 Å². The molecule has 6 heteroatoms. The Kier molecular flexibility index (Phi) is 4.31. The van der Waals surface area contributed by atoms with Crippen LogP contribution >= 0.6 is 23.2 Å². The van der Waals surface area contributed by atoms with E-state index in [4.69, 9.17) is 23.2 Å². The van der Waals surface area contributed by atoms with Gasteiger partial charge < -0.3 is 9.88 Å². The maximum atomic E-state index is 12.5. The highest BCUT2D eigenvalue weighted by atomic mass is 35.5. The molecule has 130 valence electrons. The fourth-order valence-corrected chi connectivity index (χ4v) is 3.68. The lowest BCUT2D eigenvalue weighted by atomic mass is 10.1. The van der Waals surface area contributed by atoms with Gasteiger partial charge in [0.15, 0.2) is 0 Å². The van der Waals surface area contributed by atoms with Gasteiger partial charge in [-0.25, -0.2) is 4.98 Å². The van der Waals surface area contributed by atoms with Gasteiger partial charge in [0.1, 0.15) is 10.3 Å². The molecule has 0 saturated heterocycles. The second-order valence-corrected chi connectivity index (χ2v) is 6.67. The van der Waals surface area contributed by atoms with Crippen LogP contribution in [0.3, 0.4) is 0 Å². The summed E-state index contributed by atoms with van der Waals surface area (Å²) in [7, 11) is 0. The van der Waals surface area contributed by atoms with Crippen molar-refractivity contribution in [1.29, 1.82) is 0 Å². The minimum atomic E-state index is -0.322. The predicted octanol–water partition coefficient (Wildman–Crippen LogP) is 5.77. The number of para-hydroxylation sites is 1. The van der Waals surface area contributed by atoms with Gasteiger partial charge in [-0.3, -0.25) is 4.79 Å². The Morgan fingerprint density at radius 2 is 1.81 bits per heavy atom.